The third-order valence-electron chi connectivity index (χ3n) is 5.47. The van der Waals surface area contributed by atoms with Gasteiger partial charge in [0.15, 0.2) is 0 Å². The molecule has 0 amide bonds. The van der Waals surface area contributed by atoms with Crippen LogP contribution in [-0.4, -0.2) is 0 Å². The van der Waals surface area contributed by atoms with Crippen LogP contribution in [0.15, 0.2) is 85.1 Å². The fourth-order valence-corrected chi connectivity index (χ4v) is 3.57. The molecule has 0 bridgehead atoms. The first kappa shape index (κ1) is 21.6. The fraction of sp³-hybridized carbons (Fsp3) is 0.241. The van der Waals surface area contributed by atoms with Gasteiger partial charge >= 0.3 is 0 Å². The summed E-state index contributed by atoms with van der Waals surface area (Å²) in [5, 5.41) is 3.37. The second kappa shape index (κ2) is 10.6. The van der Waals surface area contributed by atoms with Gasteiger partial charge in [0, 0.05) is 11.4 Å². The van der Waals surface area contributed by atoms with Gasteiger partial charge in [-0.1, -0.05) is 92.6 Å². The summed E-state index contributed by atoms with van der Waals surface area (Å²) in [6, 6.07) is 23.9. The highest BCUT2D eigenvalue weighted by atomic mass is 14.9. The van der Waals surface area contributed by atoms with Gasteiger partial charge in [-0.2, -0.15) is 0 Å². The Kier molecular flexibility index (Phi) is 7.68. The summed E-state index contributed by atoms with van der Waals surface area (Å²) in [5.41, 5.74) is 9.74. The molecule has 1 nitrogen and oxygen atoms in total. The minimum atomic E-state index is 0.871. The van der Waals surface area contributed by atoms with Crippen molar-refractivity contribution in [2.45, 2.75) is 46.5 Å². The van der Waals surface area contributed by atoms with E-state index in [0.717, 1.165) is 11.4 Å². The van der Waals surface area contributed by atoms with Crippen LogP contribution in [0.4, 0.5) is 5.69 Å². The summed E-state index contributed by atoms with van der Waals surface area (Å²) in [6.07, 6.45) is 9.13. The van der Waals surface area contributed by atoms with E-state index >= 15 is 0 Å². The second-order valence-corrected chi connectivity index (χ2v) is 8.07. The SMILES string of the molecule is C=C(/C=C/c1ccc(C)cc1)Nc1ccc(-c2ccc(CCCCC)c(C)c2)cc1. The monoisotopic (exact) mass is 395 g/mol. The molecule has 30 heavy (non-hydrogen) atoms. The minimum Gasteiger partial charge on any atom is -0.356 e. The van der Waals surface area contributed by atoms with E-state index in [4.69, 9.17) is 0 Å². The molecule has 0 spiro atoms. The molecule has 0 saturated heterocycles. The van der Waals surface area contributed by atoms with Crippen LogP contribution in [0, 0.1) is 13.8 Å². The van der Waals surface area contributed by atoms with Crippen LogP contribution in [0.1, 0.15) is 48.4 Å². The minimum absolute atomic E-state index is 0.871. The van der Waals surface area contributed by atoms with E-state index in [1.54, 1.807) is 0 Å². The number of unbranched alkanes of at least 4 members (excludes halogenated alkanes) is 2. The van der Waals surface area contributed by atoms with Crippen molar-refractivity contribution in [1.82, 2.24) is 0 Å². The van der Waals surface area contributed by atoms with E-state index in [0.29, 0.717) is 0 Å². The zero-order chi connectivity index (χ0) is 21.3. The molecule has 3 aromatic rings. The van der Waals surface area contributed by atoms with Gasteiger partial charge in [-0.3, -0.25) is 0 Å². The van der Waals surface area contributed by atoms with Crippen molar-refractivity contribution in [3.05, 3.63) is 107 Å². The van der Waals surface area contributed by atoms with Gasteiger partial charge in [-0.15, -0.1) is 0 Å². The molecule has 3 rings (SSSR count). The summed E-state index contributed by atoms with van der Waals surface area (Å²) in [6.45, 7) is 10.7. The van der Waals surface area contributed by atoms with Gasteiger partial charge in [0.2, 0.25) is 0 Å². The lowest BCUT2D eigenvalue weighted by atomic mass is 9.97. The summed E-state index contributed by atoms with van der Waals surface area (Å²) in [4.78, 5) is 0. The van der Waals surface area contributed by atoms with Gasteiger partial charge < -0.3 is 5.32 Å². The molecule has 154 valence electrons. The maximum absolute atomic E-state index is 4.12. The Hall–Kier alpha value is -3.06. The van der Waals surface area contributed by atoms with Gasteiger partial charge in [0.05, 0.1) is 0 Å². The summed E-state index contributed by atoms with van der Waals surface area (Å²) in [7, 11) is 0. The van der Waals surface area contributed by atoms with Crippen LogP contribution in [0.2, 0.25) is 0 Å². The number of hydrogen-bond donors (Lipinski definition) is 1. The number of anilines is 1. The normalized spacial score (nSPS) is 11.0. The van der Waals surface area contributed by atoms with Crippen molar-refractivity contribution >= 4 is 11.8 Å². The Morgan fingerprint density at radius 1 is 0.867 bits per heavy atom. The lowest BCUT2D eigenvalue weighted by Crippen LogP contribution is -1.95. The van der Waals surface area contributed by atoms with Crippen LogP contribution in [0.5, 0.6) is 0 Å². The highest BCUT2D eigenvalue weighted by molar-refractivity contribution is 5.68. The number of allylic oxidation sites excluding steroid dienone is 1. The van der Waals surface area contributed by atoms with Crippen molar-refractivity contribution in [2.24, 2.45) is 0 Å². The molecule has 0 atom stereocenters. The lowest BCUT2D eigenvalue weighted by molar-refractivity contribution is 0.715. The van der Waals surface area contributed by atoms with Gasteiger partial charge in [-0.05, 0) is 72.7 Å². The molecule has 0 aliphatic heterocycles. The van der Waals surface area contributed by atoms with Crippen molar-refractivity contribution in [3.8, 4) is 11.1 Å². The maximum Gasteiger partial charge on any atom is 0.0384 e. The first-order chi connectivity index (χ1) is 14.5. The lowest BCUT2D eigenvalue weighted by Gasteiger charge is -2.10. The Morgan fingerprint density at radius 2 is 1.57 bits per heavy atom. The van der Waals surface area contributed by atoms with Crippen molar-refractivity contribution < 1.29 is 0 Å². The zero-order valence-corrected chi connectivity index (χ0v) is 18.5. The molecule has 1 heteroatoms. The number of aryl methyl sites for hydroxylation is 3. The molecular weight excluding hydrogens is 362 g/mol. The molecule has 0 radical (unpaired) electrons. The largest absolute Gasteiger partial charge is 0.356 e. The van der Waals surface area contributed by atoms with Crippen LogP contribution in [0.25, 0.3) is 17.2 Å². The number of hydrogen-bond acceptors (Lipinski definition) is 1. The predicted octanol–water partition coefficient (Wildman–Crippen LogP) is 8.34. The van der Waals surface area contributed by atoms with E-state index in [-0.39, 0.29) is 0 Å². The second-order valence-electron chi connectivity index (χ2n) is 8.07. The Bertz CT molecular complexity index is 992. The van der Waals surface area contributed by atoms with Crippen LogP contribution < -0.4 is 5.32 Å². The average Bonchev–Trinajstić information content (AvgIpc) is 2.75. The summed E-state index contributed by atoms with van der Waals surface area (Å²) < 4.78 is 0. The van der Waals surface area contributed by atoms with E-state index in [1.807, 2.05) is 6.08 Å². The van der Waals surface area contributed by atoms with E-state index in [9.17, 15) is 0 Å². The van der Waals surface area contributed by atoms with E-state index < -0.39 is 0 Å². The van der Waals surface area contributed by atoms with Crippen LogP contribution in [-0.2, 0) is 6.42 Å². The van der Waals surface area contributed by atoms with Crippen molar-refractivity contribution in [3.63, 3.8) is 0 Å². The van der Waals surface area contributed by atoms with Crippen molar-refractivity contribution in [2.75, 3.05) is 5.32 Å². The number of benzene rings is 3. The molecule has 3 aromatic carbocycles. The van der Waals surface area contributed by atoms with Gasteiger partial charge in [0.25, 0.3) is 0 Å². The van der Waals surface area contributed by atoms with Gasteiger partial charge in [-0.25, -0.2) is 0 Å². The molecule has 1 N–H and O–H groups in total. The standard InChI is InChI=1S/C29H33N/c1-5-6-7-8-26-15-16-28(21-23(26)3)27-17-19-29(20-18-27)30-24(4)11-14-25-12-9-22(2)10-13-25/h9-21,30H,4-8H2,1-3H3/b14-11+. The third kappa shape index (κ3) is 6.22. The van der Waals surface area contributed by atoms with Crippen LogP contribution in [0.3, 0.4) is 0 Å². The predicted molar refractivity (Wildman–Crippen MR) is 133 cm³/mol. The molecule has 0 aliphatic carbocycles. The average molecular weight is 396 g/mol. The first-order valence-corrected chi connectivity index (χ1v) is 11.0. The van der Waals surface area contributed by atoms with Gasteiger partial charge in [0.1, 0.15) is 0 Å². The molecule has 0 aromatic heterocycles. The molecular formula is C29H33N. The Labute approximate surface area is 182 Å². The first-order valence-electron chi connectivity index (χ1n) is 11.0. The Balaban J connectivity index is 1.61. The maximum atomic E-state index is 4.12. The highest BCUT2D eigenvalue weighted by Gasteiger charge is 2.03. The van der Waals surface area contributed by atoms with E-state index in [2.05, 4.69) is 105 Å². The number of nitrogens with one attached hydrogen (secondary N) is 1. The molecule has 0 fully saturated rings. The molecule has 0 unspecified atom stereocenters. The molecule has 0 saturated carbocycles. The van der Waals surface area contributed by atoms with E-state index in [1.165, 1.54) is 59.1 Å². The van der Waals surface area contributed by atoms with Crippen molar-refractivity contribution in [1.29, 1.82) is 0 Å². The smallest absolute Gasteiger partial charge is 0.0384 e. The molecule has 0 heterocycles. The summed E-state index contributed by atoms with van der Waals surface area (Å²) in [5.74, 6) is 0. The molecule has 0 aliphatic rings. The zero-order valence-electron chi connectivity index (χ0n) is 18.5. The quantitative estimate of drug-likeness (QED) is 0.283. The van der Waals surface area contributed by atoms with Crippen LogP contribution >= 0.6 is 0 Å². The topological polar surface area (TPSA) is 12.0 Å². The highest BCUT2D eigenvalue weighted by Crippen LogP contribution is 2.25. The number of rotatable bonds is 9. The third-order valence-corrected chi connectivity index (χ3v) is 5.47. The fourth-order valence-electron chi connectivity index (χ4n) is 3.57. The summed E-state index contributed by atoms with van der Waals surface area (Å²) >= 11 is 0. The Morgan fingerprint density at radius 3 is 2.23 bits per heavy atom.